The number of rotatable bonds is 2. The van der Waals surface area contributed by atoms with E-state index in [-0.39, 0.29) is 24.2 Å². The van der Waals surface area contributed by atoms with E-state index in [4.69, 9.17) is 10.5 Å². The fourth-order valence-corrected chi connectivity index (χ4v) is 2.93. The van der Waals surface area contributed by atoms with Crippen LogP contribution >= 0.6 is 0 Å². The van der Waals surface area contributed by atoms with Gasteiger partial charge in [0, 0.05) is 12.1 Å². The van der Waals surface area contributed by atoms with E-state index in [1.807, 2.05) is 50.8 Å². The average Bonchev–Trinajstić information content (AvgIpc) is 2.63. The molecule has 1 aromatic rings. The van der Waals surface area contributed by atoms with Gasteiger partial charge in [-0.25, -0.2) is 4.79 Å². The van der Waals surface area contributed by atoms with Gasteiger partial charge in [0.15, 0.2) is 0 Å². The molecule has 2 N–H and O–H groups in total. The molecule has 21 heavy (non-hydrogen) atoms. The summed E-state index contributed by atoms with van der Waals surface area (Å²) in [6.45, 7) is 7.70. The van der Waals surface area contributed by atoms with Crippen molar-refractivity contribution in [3.05, 3.63) is 35.9 Å². The minimum absolute atomic E-state index is 0.00255. The van der Waals surface area contributed by atoms with Crippen LogP contribution in [0.15, 0.2) is 30.3 Å². The molecule has 1 heterocycles. The second-order valence-electron chi connectivity index (χ2n) is 6.89. The summed E-state index contributed by atoms with van der Waals surface area (Å²) in [5.74, 6) is 0. The summed E-state index contributed by atoms with van der Waals surface area (Å²) in [6.07, 6.45) is 1.33. The van der Waals surface area contributed by atoms with Gasteiger partial charge in [-0.05, 0) is 46.1 Å². The number of likely N-dealkylation sites (tertiary alicyclic amines) is 1. The summed E-state index contributed by atoms with van der Waals surface area (Å²) < 4.78 is 5.54. The van der Waals surface area contributed by atoms with E-state index >= 15 is 0 Å². The lowest BCUT2D eigenvalue weighted by atomic mass is 10.0. The number of carbonyl (C=O) groups is 1. The molecule has 4 nitrogen and oxygen atoms in total. The lowest BCUT2D eigenvalue weighted by molar-refractivity contribution is 0.0155. The molecule has 0 spiro atoms. The Kier molecular flexibility index (Phi) is 4.57. The predicted molar refractivity (Wildman–Crippen MR) is 84.1 cm³/mol. The standard InChI is InChI=1S/C17H26N2O2/c1-12-10-14(18)15(11-13-8-6-5-7-9-13)19(12)16(20)21-17(2,3)4/h5-9,12,14-15H,10-11,18H2,1-4H3/t12?,14-,15+/m1/s1. The molecule has 1 amide bonds. The van der Waals surface area contributed by atoms with Crippen molar-refractivity contribution in [3.63, 3.8) is 0 Å². The van der Waals surface area contributed by atoms with Crippen LogP contribution in [-0.4, -0.2) is 34.7 Å². The van der Waals surface area contributed by atoms with Crippen LogP contribution in [0.3, 0.4) is 0 Å². The summed E-state index contributed by atoms with van der Waals surface area (Å²) in [5.41, 5.74) is 6.97. The Hall–Kier alpha value is -1.55. The van der Waals surface area contributed by atoms with Crippen LogP contribution < -0.4 is 5.73 Å². The van der Waals surface area contributed by atoms with Gasteiger partial charge in [0.05, 0.1) is 6.04 Å². The maximum absolute atomic E-state index is 12.5. The topological polar surface area (TPSA) is 55.6 Å². The van der Waals surface area contributed by atoms with E-state index in [1.54, 1.807) is 0 Å². The van der Waals surface area contributed by atoms with Crippen molar-refractivity contribution in [2.45, 2.75) is 64.3 Å². The molecule has 116 valence electrons. The molecule has 1 unspecified atom stereocenters. The van der Waals surface area contributed by atoms with E-state index in [9.17, 15) is 4.79 Å². The van der Waals surface area contributed by atoms with Crippen molar-refractivity contribution < 1.29 is 9.53 Å². The molecule has 0 aromatic heterocycles. The molecular formula is C17H26N2O2. The third-order valence-corrected chi connectivity index (χ3v) is 3.83. The first-order valence-electron chi connectivity index (χ1n) is 7.59. The molecule has 0 radical (unpaired) electrons. The fraction of sp³-hybridized carbons (Fsp3) is 0.588. The minimum atomic E-state index is -0.485. The SMILES string of the molecule is CC1C[C@@H](N)[C@H](Cc2ccccc2)N1C(=O)OC(C)(C)C. The number of benzene rings is 1. The maximum atomic E-state index is 12.5. The summed E-state index contributed by atoms with van der Waals surface area (Å²) >= 11 is 0. The Balaban J connectivity index is 2.15. The molecule has 1 aliphatic heterocycles. The highest BCUT2D eigenvalue weighted by molar-refractivity contribution is 5.69. The van der Waals surface area contributed by atoms with E-state index in [0.717, 1.165) is 12.8 Å². The molecule has 1 aliphatic rings. The molecule has 0 saturated carbocycles. The average molecular weight is 290 g/mol. The molecular weight excluding hydrogens is 264 g/mol. The largest absolute Gasteiger partial charge is 0.444 e. The number of ether oxygens (including phenoxy) is 1. The van der Waals surface area contributed by atoms with Gasteiger partial charge in [0.25, 0.3) is 0 Å². The van der Waals surface area contributed by atoms with Crippen molar-refractivity contribution in [1.29, 1.82) is 0 Å². The van der Waals surface area contributed by atoms with E-state index in [1.165, 1.54) is 5.56 Å². The highest BCUT2D eigenvalue weighted by atomic mass is 16.6. The van der Waals surface area contributed by atoms with E-state index in [0.29, 0.717) is 0 Å². The van der Waals surface area contributed by atoms with Crippen LogP contribution in [0, 0.1) is 0 Å². The maximum Gasteiger partial charge on any atom is 0.410 e. The Bertz CT molecular complexity index is 481. The summed E-state index contributed by atoms with van der Waals surface area (Å²) in [5, 5.41) is 0. The molecule has 0 aliphatic carbocycles. The zero-order chi connectivity index (χ0) is 15.6. The van der Waals surface area contributed by atoms with Gasteiger partial charge >= 0.3 is 6.09 Å². The van der Waals surface area contributed by atoms with Gasteiger partial charge in [0.2, 0.25) is 0 Å². The van der Waals surface area contributed by atoms with Gasteiger partial charge < -0.3 is 15.4 Å². The zero-order valence-corrected chi connectivity index (χ0v) is 13.4. The number of hydrogen-bond acceptors (Lipinski definition) is 3. The van der Waals surface area contributed by atoms with Gasteiger partial charge in [-0.1, -0.05) is 30.3 Å². The normalized spacial score (nSPS) is 26.0. The van der Waals surface area contributed by atoms with Crippen molar-refractivity contribution in [1.82, 2.24) is 4.90 Å². The molecule has 1 fully saturated rings. The Morgan fingerprint density at radius 1 is 1.33 bits per heavy atom. The number of nitrogens with zero attached hydrogens (tertiary/aromatic N) is 1. The molecule has 1 saturated heterocycles. The van der Waals surface area contributed by atoms with Crippen LogP contribution in [0.4, 0.5) is 4.79 Å². The minimum Gasteiger partial charge on any atom is -0.444 e. The Morgan fingerprint density at radius 2 is 1.95 bits per heavy atom. The monoisotopic (exact) mass is 290 g/mol. The second kappa shape index (κ2) is 6.06. The van der Waals surface area contributed by atoms with Crippen LogP contribution in [0.5, 0.6) is 0 Å². The fourth-order valence-electron chi connectivity index (χ4n) is 2.93. The van der Waals surface area contributed by atoms with Crippen molar-refractivity contribution in [2.24, 2.45) is 5.73 Å². The number of carbonyl (C=O) groups excluding carboxylic acids is 1. The lowest BCUT2D eigenvalue weighted by Crippen LogP contribution is -2.47. The predicted octanol–water partition coefficient (Wildman–Crippen LogP) is 2.95. The number of nitrogens with two attached hydrogens (primary N) is 1. The van der Waals surface area contributed by atoms with Gasteiger partial charge in [-0.15, -0.1) is 0 Å². The smallest absolute Gasteiger partial charge is 0.410 e. The summed E-state index contributed by atoms with van der Waals surface area (Å²) in [6, 6.07) is 10.3. The summed E-state index contributed by atoms with van der Waals surface area (Å²) in [4.78, 5) is 14.3. The van der Waals surface area contributed by atoms with Crippen LogP contribution in [0.2, 0.25) is 0 Å². The van der Waals surface area contributed by atoms with Crippen LogP contribution in [0.25, 0.3) is 0 Å². The summed E-state index contributed by atoms with van der Waals surface area (Å²) in [7, 11) is 0. The van der Waals surface area contributed by atoms with Crippen LogP contribution in [-0.2, 0) is 11.2 Å². The highest BCUT2D eigenvalue weighted by Crippen LogP contribution is 2.28. The zero-order valence-electron chi connectivity index (χ0n) is 13.4. The third kappa shape index (κ3) is 3.97. The quantitative estimate of drug-likeness (QED) is 0.911. The third-order valence-electron chi connectivity index (χ3n) is 3.83. The number of hydrogen-bond donors (Lipinski definition) is 1. The first-order valence-corrected chi connectivity index (χ1v) is 7.59. The van der Waals surface area contributed by atoms with E-state index < -0.39 is 5.60 Å². The van der Waals surface area contributed by atoms with Gasteiger partial charge in [-0.3, -0.25) is 0 Å². The highest BCUT2D eigenvalue weighted by Gasteiger charge is 2.41. The van der Waals surface area contributed by atoms with Crippen molar-refractivity contribution >= 4 is 6.09 Å². The Labute approximate surface area is 127 Å². The molecule has 2 rings (SSSR count). The first kappa shape index (κ1) is 15.8. The first-order chi connectivity index (χ1) is 9.78. The van der Waals surface area contributed by atoms with E-state index in [2.05, 4.69) is 12.1 Å². The second-order valence-corrected chi connectivity index (χ2v) is 6.89. The molecule has 3 atom stereocenters. The van der Waals surface area contributed by atoms with Crippen LogP contribution in [0.1, 0.15) is 39.7 Å². The molecule has 1 aromatic carbocycles. The van der Waals surface area contributed by atoms with Gasteiger partial charge in [0.1, 0.15) is 5.60 Å². The Morgan fingerprint density at radius 3 is 2.52 bits per heavy atom. The molecule has 4 heteroatoms. The lowest BCUT2D eigenvalue weighted by Gasteiger charge is -2.32. The van der Waals surface area contributed by atoms with Crippen molar-refractivity contribution in [2.75, 3.05) is 0 Å². The number of amides is 1. The van der Waals surface area contributed by atoms with Crippen molar-refractivity contribution in [3.8, 4) is 0 Å². The van der Waals surface area contributed by atoms with Gasteiger partial charge in [-0.2, -0.15) is 0 Å². The molecule has 0 bridgehead atoms.